The number of nitrogens with one attached hydrogen (secondary N) is 1. The number of hydrogen-bond donors (Lipinski definition) is 1. The third kappa shape index (κ3) is 1.50. The van der Waals surface area contributed by atoms with Crippen molar-refractivity contribution in [2.24, 2.45) is 5.41 Å². The average molecular weight is 213 g/mol. The molecule has 0 radical (unpaired) electrons. The SMILES string of the molecule is COC1CC(Nc2ncns2)C1(C)C. The van der Waals surface area contributed by atoms with Gasteiger partial charge in [-0.25, -0.2) is 4.98 Å². The predicted octanol–water partition coefficient (Wildman–Crippen LogP) is 1.76. The molecule has 1 fully saturated rings. The maximum absolute atomic E-state index is 5.38. The number of anilines is 1. The summed E-state index contributed by atoms with van der Waals surface area (Å²) in [6, 6.07) is 0.445. The summed E-state index contributed by atoms with van der Waals surface area (Å²) in [5.41, 5.74) is 0.181. The van der Waals surface area contributed by atoms with Gasteiger partial charge in [-0.2, -0.15) is 4.37 Å². The Morgan fingerprint density at radius 2 is 2.43 bits per heavy atom. The lowest BCUT2D eigenvalue weighted by Gasteiger charge is -2.51. The van der Waals surface area contributed by atoms with Crippen LogP contribution in [-0.2, 0) is 4.74 Å². The van der Waals surface area contributed by atoms with Gasteiger partial charge in [-0.05, 0) is 6.42 Å². The number of ether oxygens (including phenoxy) is 1. The molecule has 14 heavy (non-hydrogen) atoms. The Labute approximate surface area is 87.9 Å². The topological polar surface area (TPSA) is 47.0 Å². The molecule has 0 amide bonds. The Morgan fingerprint density at radius 1 is 1.64 bits per heavy atom. The summed E-state index contributed by atoms with van der Waals surface area (Å²) in [6.45, 7) is 4.42. The van der Waals surface area contributed by atoms with E-state index in [1.54, 1.807) is 13.4 Å². The summed E-state index contributed by atoms with van der Waals surface area (Å²) < 4.78 is 9.34. The number of rotatable bonds is 3. The normalized spacial score (nSPS) is 29.6. The molecular formula is C9H15N3OS. The monoisotopic (exact) mass is 213 g/mol. The van der Waals surface area contributed by atoms with E-state index in [0.29, 0.717) is 12.1 Å². The fraction of sp³-hybridized carbons (Fsp3) is 0.778. The predicted molar refractivity (Wildman–Crippen MR) is 56.5 cm³/mol. The maximum atomic E-state index is 5.38. The molecule has 2 unspecified atom stereocenters. The highest BCUT2D eigenvalue weighted by Gasteiger charge is 2.48. The van der Waals surface area contributed by atoms with Gasteiger partial charge in [0.25, 0.3) is 0 Å². The quantitative estimate of drug-likeness (QED) is 0.831. The summed E-state index contributed by atoms with van der Waals surface area (Å²) in [7, 11) is 1.77. The molecule has 0 aromatic carbocycles. The van der Waals surface area contributed by atoms with Crippen molar-refractivity contribution in [1.82, 2.24) is 9.36 Å². The molecule has 1 N–H and O–H groups in total. The lowest BCUT2D eigenvalue weighted by Crippen LogP contribution is -2.57. The van der Waals surface area contributed by atoms with Gasteiger partial charge in [0, 0.05) is 30.1 Å². The Morgan fingerprint density at radius 3 is 2.93 bits per heavy atom. The average Bonchev–Trinajstić information content (AvgIpc) is 2.64. The number of hydrogen-bond acceptors (Lipinski definition) is 5. The molecule has 78 valence electrons. The third-order valence-electron chi connectivity index (χ3n) is 3.12. The summed E-state index contributed by atoms with van der Waals surface area (Å²) in [5.74, 6) is 0. The van der Waals surface area contributed by atoms with E-state index in [9.17, 15) is 0 Å². The fourth-order valence-electron chi connectivity index (χ4n) is 1.92. The van der Waals surface area contributed by atoms with Crippen molar-refractivity contribution in [2.75, 3.05) is 12.4 Å². The minimum atomic E-state index is 0.181. The lowest BCUT2D eigenvalue weighted by atomic mass is 9.64. The molecule has 1 heterocycles. The van der Waals surface area contributed by atoms with Crippen molar-refractivity contribution >= 4 is 16.7 Å². The van der Waals surface area contributed by atoms with Crippen LogP contribution in [0.15, 0.2) is 6.33 Å². The van der Waals surface area contributed by atoms with E-state index >= 15 is 0 Å². The van der Waals surface area contributed by atoms with Gasteiger partial charge in [0.1, 0.15) is 6.33 Å². The molecule has 0 bridgehead atoms. The van der Waals surface area contributed by atoms with E-state index in [2.05, 4.69) is 28.5 Å². The van der Waals surface area contributed by atoms with Gasteiger partial charge in [0.2, 0.25) is 5.13 Å². The number of aromatic nitrogens is 2. The zero-order chi connectivity index (χ0) is 10.2. The largest absolute Gasteiger partial charge is 0.381 e. The molecule has 2 atom stereocenters. The summed E-state index contributed by atoms with van der Waals surface area (Å²) in [6.07, 6.45) is 2.98. The van der Waals surface area contributed by atoms with Crippen molar-refractivity contribution < 1.29 is 4.74 Å². The van der Waals surface area contributed by atoms with Crippen LogP contribution in [0.5, 0.6) is 0 Å². The van der Waals surface area contributed by atoms with Gasteiger partial charge in [0.05, 0.1) is 6.10 Å². The van der Waals surface area contributed by atoms with E-state index < -0.39 is 0 Å². The van der Waals surface area contributed by atoms with E-state index in [-0.39, 0.29) is 5.41 Å². The van der Waals surface area contributed by atoms with Crippen molar-refractivity contribution in [3.05, 3.63) is 6.33 Å². The molecular weight excluding hydrogens is 198 g/mol. The second-order valence-corrected chi connectivity index (χ2v) is 5.00. The second kappa shape index (κ2) is 3.47. The van der Waals surface area contributed by atoms with Gasteiger partial charge in [0.15, 0.2) is 0 Å². The molecule has 1 saturated carbocycles. The third-order valence-corrected chi connectivity index (χ3v) is 3.72. The zero-order valence-corrected chi connectivity index (χ0v) is 9.47. The molecule has 4 nitrogen and oxygen atoms in total. The Balaban J connectivity index is 1.96. The van der Waals surface area contributed by atoms with Crippen LogP contribution in [0.4, 0.5) is 5.13 Å². The second-order valence-electron chi connectivity index (χ2n) is 4.22. The van der Waals surface area contributed by atoms with Crippen LogP contribution >= 0.6 is 11.5 Å². The highest BCUT2D eigenvalue weighted by molar-refractivity contribution is 7.09. The Bertz CT molecular complexity index is 299. The van der Waals surface area contributed by atoms with Crippen LogP contribution in [0.1, 0.15) is 20.3 Å². The van der Waals surface area contributed by atoms with Crippen LogP contribution in [0.25, 0.3) is 0 Å². The first-order valence-corrected chi connectivity index (χ1v) is 5.48. The van der Waals surface area contributed by atoms with Crippen LogP contribution in [0.2, 0.25) is 0 Å². The van der Waals surface area contributed by atoms with E-state index in [1.165, 1.54) is 11.5 Å². The van der Waals surface area contributed by atoms with E-state index in [4.69, 9.17) is 4.74 Å². The summed E-state index contributed by atoms with van der Waals surface area (Å²) >= 11 is 1.40. The molecule has 1 aliphatic carbocycles. The van der Waals surface area contributed by atoms with Crippen LogP contribution in [0, 0.1) is 5.41 Å². The smallest absolute Gasteiger partial charge is 0.202 e. The summed E-state index contributed by atoms with van der Waals surface area (Å²) in [5, 5.41) is 4.28. The molecule has 0 spiro atoms. The Kier molecular flexibility index (Phi) is 2.45. The molecule has 1 aliphatic rings. The molecule has 5 heteroatoms. The molecule has 0 aliphatic heterocycles. The number of methoxy groups -OCH3 is 1. The minimum Gasteiger partial charge on any atom is -0.381 e. The highest BCUT2D eigenvalue weighted by Crippen LogP contribution is 2.43. The van der Waals surface area contributed by atoms with E-state index in [1.807, 2.05) is 0 Å². The van der Waals surface area contributed by atoms with Gasteiger partial charge >= 0.3 is 0 Å². The van der Waals surface area contributed by atoms with Crippen molar-refractivity contribution in [1.29, 1.82) is 0 Å². The van der Waals surface area contributed by atoms with E-state index in [0.717, 1.165) is 11.6 Å². The minimum absolute atomic E-state index is 0.181. The standard InChI is InChI=1S/C9H15N3OS/c1-9(2)6(4-7(9)13-3)12-8-10-5-11-14-8/h5-7H,4H2,1-3H3,(H,10,11,12). The first-order chi connectivity index (χ1) is 6.64. The maximum Gasteiger partial charge on any atom is 0.202 e. The van der Waals surface area contributed by atoms with Crippen molar-refractivity contribution in [3.63, 3.8) is 0 Å². The first kappa shape index (κ1) is 9.86. The fourth-order valence-corrected chi connectivity index (χ4v) is 2.40. The molecule has 0 saturated heterocycles. The van der Waals surface area contributed by atoms with Gasteiger partial charge in [-0.1, -0.05) is 13.8 Å². The van der Waals surface area contributed by atoms with Crippen LogP contribution < -0.4 is 5.32 Å². The van der Waals surface area contributed by atoms with Crippen molar-refractivity contribution in [2.45, 2.75) is 32.4 Å². The summed E-state index contributed by atoms with van der Waals surface area (Å²) in [4.78, 5) is 4.11. The first-order valence-electron chi connectivity index (χ1n) is 4.70. The van der Waals surface area contributed by atoms with Gasteiger partial charge in [-0.15, -0.1) is 0 Å². The van der Waals surface area contributed by atoms with Crippen LogP contribution in [-0.4, -0.2) is 28.6 Å². The van der Waals surface area contributed by atoms with Gasteiger partial charge < -0.3 is 10.1 Å². The van der Waals surface area contributed by atoms with Crippen LogP contribution in [0.3, 0.4) is 0 Å². The Hall–Kier alpha value is -0.680. The zero-order valence-electron chi connectivity index (χ0n) is 8.65. The van der Waals surface area contributed by atoms with Crippen molar-refractivity contribution in [3.8, 4) is 0 Å². The lowest BCUT2D eigenvalue weighted by molar-refractivity contribution is -0.0794. The molecule has 1 aromatic heterocycles. The number of nitrogens with zero attached hydrogens (tertiary/aromatic N) is 2. The van der Waals surface area contributed by atoms with Gasteiger partial charge in [-0.3, -0.25) is 0 Å². The molecule has 1 aromatic rings. The molecule has 2 rings (SSSR count). The highest BCUT2D eigenvalue weighted by atomic mass is 32.1.